The fourth-order valence-corrected chi connectivity index (χ4v) is 1.28. The summed E-state index contributed by atoms with van der Waals surface area (Å²) in [6.07, 6.45) is -3.84. The van der Waals surface area contributed by atoms with Gasteiger partial charge in [-0.25, -0.2) is 0 Å². The van der Waals surface area contributed by atoms with E-state index in [1.54, 1.807) is 0 Å². The average molecular weight is 256 g/mol. The summed E-state index contributed by atoms with van der Waals surface area (Å²) in [7, 11) is 1.34. The van der Waals surface area contributed by atoms with Crippen molar-refractivity contribution >= 4 is 12.4 Å². The maximum absolute atomic E-state index is 12.3. The molecular formula is C10H13ClF3NO. The van der Waals surface area contributed by atoms with Crippen molar-refractivity contribution in [2.45, 2.75) is 12.6 Å². The zero-order valence-electron chi connectivity index (χ0n) is 8.67. The summed E-state index contributed by atoms with van der Waals surface area (Å²) in [6, 6.07) is 3.42. The number of methoxy groups -OCH3 is 1. The Hall–Kier alpha value is -0.940. The molecule has 0 saturated heterocycles. The second kappa shape index (κ2) is 5.96. The van der Waals surface area contributed by atoms with Crippen molar-refractivity contribution in [1.29, 1.82) is 0 Å². The van der Waals surface area contributed by atoms with E-state index in [2.05, 4.69) is 0 Å². The number of benzene rings is 1. The molecule has 0 aliphatic heterocycles. The molecule has 1 aromatic carbocycles. The van der Waals surface area contributed by atoms with Crippen molar-refractivity contribution in [2.24, 2.45) is 5.73 Å². The van der Waals surface area contributed by atoms with Gasteiger partial charge >= 0.3 is 6.18 Å². The molecule has 0 spiro atoms. The van der Waals surface area contributed by atoms with Crippen LogP contribution < -0.4 is 10.5 Å². The highest BCUT2D eigenvalue weighted by Gasteiger charge is 2.31. The van der Waals surface area contributed by atoms with E-state index in [4.69, 9.17) is 10.5 Å². The Labute approximate surface area is 98.0 Å². The predicted octanol–water partition coefficient (Wildman–Crippen LogP) is 2.64. The molecule has 0 heterocycles. The summed E-state index contributed by atoms with van der Waals surface area (Å²) in [5, 5.41) is 0. The highest BCUT2D eigenvalue weighted by molar-refractivity contribution is 5.85. The Bertz CT molecular complexity index is 341. The molecule has 0 amide bonds. The second-order valence-electron chi connectivity index (χ2n) is 3.06. The zero-order chi connectivity index (χ0) is 11.5. The van der Waals surface area contributed by atoms with Crippen LogP contribution in [0.2, 0.25) is 0 Å². The van der Waals surface area contributed by atoms with E-state index in [-0.39, 0.29) is 18.2 Å². The first-order chi connectivity index (χ1) is 6.99. The normalized spacial score (nSPS) is 10.8. The third-order valence-electron chi connectivity index (χ3n) is 2.03. The predicted molar refractivity (Wildman–Crippen MR) is 58.0 cm³/mol. The lowest BCUT2D eigenvalue weighted by atomic mass is 10.1. The topological polar surface area (TPSA) is 35.2 Å². The van der Waals surface area contributed by atoms with Crippen molar-refractivity contribution in [3.05, 3.63) is 29.3 Å². The molecule has 0 radical (unpaired) electrons. The third kappa shape index (κ3) is 3.57. The van der Waals surface area contributed by atoms with Gasteiger partial charge in [0.15, 0.2) is 0 Å². The Morgan fingerprint density at radius 1 is 1.31 bits per heavy atom. The molecule has 1 rings (SSSR count). The molecule has 0 fully saturated rings. The summed E-state index contributed by atoms with van der Waals surface area (Å²) >= 11 is 0. The smallest absolute Gasteiger partial charge is 0.416 e. The number of ether oxygens (including phenoxy) is 1. The van der Waals surface area contributed by atoms with E-state index in [1.165, 1.54) is 13.2 Å². The van der Waals surface area contributed by atoms with Gasteiger partial charge in [-0.15, -0.1) is 12.4 Å². The van der Waals surface area contributed by atoms with Crippen LogP contribution in [0.4, 0.5) is 13.2 Å². The quantitative estimate of drug-likeness (QED) is 0.901. The number of alkyl halides is 3. The second-order valence-corrected chi connectivity index (χ2v) is 3.06. The van der Waals surface area contributed by atoms with Gasteiger partial charge in [0.1, 0.15) is 5.75 Å². The molecule has 6 heteroatoms. The van der Waals surface area contributed by atoms with Gasteiger partial charge in [-0.3, -0.25) is 0 Å². The summed E-state index contributed by atoms with van der Waals surface area (Å²) in [5.41, 5.74) is 5.31. The molecule has 2 nitrogen and oxygen atoms in total. The number of nitrogens with two attached hydrogens (primary N) is 1. The van der Waals surface area contributed by atoms with Crippen molar-refractivity contribution in [2.75, 3.05) is 13.7 Å². The number of hydrogen-bond acceptors (Lipinski definition) is 2. The van der Waals surface area contributed by atoms with E-state index in [1.807, 2.05) is 0 Å². The lowest BCUT2D eigenvalue weighted by molar-refractivity contribution is -0.137. The summed E-state index contributed by atoms with van der Waals surface area (Å²) in [5.74, 6) is 0.232. The van der Waals surface area contributed by atoms with Gasteiger partial charge in [-0.2, -0.15) is 13.2 Å². The summed E-state index contributed by atoms with van der Waals surface area (Å²) in [4.78, 5) is 0. The number of hydrogen-bond donors (Lipinski definition) is 1. The molecule has 92 valence electrons. The molecule has 0 saturated carbocycles. The third-order valence-corrected chi connectivity index (χ3v) is 2.03. The van der Waals surface area contributed by atoms with Crippen LogP contribution in [-0.2, 0) is 12.6 Å². The van der Waals surface area contributed by atoms with Crippen LogP contribution in [0.1, 0.15) is 11.1 Å². The molecule has 0 aliphatic carbocycles. The Morgan fingerprint density at radius 3 is 2.38 bits per heavy atom. The number of rotatable bonds is 3. The summed E-state index contributed by atoms with van der Waals surface area (Å²) in [6.45, 7) is 0.377. The van der Waals surface area contributed by atoms with Gasteiger partial charge in [-0.1, -0.05) is 6.07 Å². The van der Waals surface area contributed by atoms with Crippen LogP contribution in [0.15, 0.2) is 18.2 Å². The lowest BCUT2D eigenvalue weighted by Crippen LogP contribution is -2.08. The van der Waals surface area contributed by atoms with Gasteiger partial charge in [0, 0.05) is 0 Å². The molecule has 0 aliphatic rings. The van der Waals surface area contributed by atoms with E-state index in [0.29, 0.717) is 18.5 Å². The molecular weight excluding hydrogens is 243 g/mol. The zero-order valence-corrected chi connectivity index (χ0v) is 9.49. The van der Waals surface area contributed by atoms with Gasteiger partial charge in [-0.05, 0) is 30.7 Å². The van der Waals surface area contributed by atoms with E-state index >= 15 is 0 Å². The molecule has 16 heavy (non-hydrogen) atoms. The van der Waals surface area contributed by atoms with Crippen molar-refractivity contribution in [1.82, 2.24) is 0 Å². The van der Waals surface area contributed by atoms with Gasteiger partial charge in [0.05, 0.1) is 12.7 Å². The van der Waals surface area contributed by atoms with Crippen LogP contribution >= 0.6 is 12.4 Å². The molecule has 0 aromatic heterocycles. The SMILES string of the molecule is COc1cc(C(F)(F)F)ccc1CCN.Cl. The maximum atomic E-state index is 12.3. The van der Waals surface area contributed by atoms with E-state index in [0.717, 1.165) is 12.1 Å². The highest BCUT2D eigenvalue weighted by Crippen LogP contribution is 2.33. The van der Waals surface area contributed by atoms with Crippen LogP contribution in [0.25, 0.3) is 0 Å². The van der Waals surface area contributed by atoms with Crippen LogP contribution in [0, 0.1) is 0 Å². The van der Waals surface area contributed by atoms with Crippen molar-refractivity contribution in [3.63, 3.8) is 0 Å². The van der Waals surface area contributed by atoms with E-state index in [9.17, 15) is 13.2 Å². The largest absolute Gasteiger partial charge is 0.496 e. The van der Waals surface area contributed by atoms with Crippen molar-refractivity contribution < 1.29 is 17.9 Å². The standard InChI is InChI=1S/C10H12F3NO.ClH/c1-15-9-6-8(10(11,12)13)3-2-7(9)4-5-14;/h2-3,6H,4-5,14H2,1H3;1H. The number of halogens is 4. The monoisotopic (exact) mass is 255 g/mol. The minimum Gasteiger partial charge on any atom is -0.496 e. The first-order valence-corrected chi connectivity index (χ1v) is 4.43. The fourth-order valence-electron chi connectivity index (χ4n) is 1.28. The van der Waals surface area contributed by atoms with E-state index < -0.39 is 11.7 Å². The first-order valence-electron chi connectivity index (χ1n) is 4.43. The highest BCUT2D eigenvalue weighted by atomic mass is 35.5. The van der Waals surface area contributed by atoms with Crippen molar-refractivity contribution in [3.8, 4) is 5.75 Å². The van der Waals surface area contributed by atoms with Gasteiger partial charge in [0.25, 0.3) is 0 Å². The van der Waals surface area contributed by atoms with Crippen LogP contribution in [-0.4, -0.2) is 13.7 Å². The minimum atomic E-state index is -4.34. The minimum absolute atomic E-state index is 0. The Kier molecular flexibility index (Phi) is 5.61. The Balaban J connectivity index is 0.00000225. The summed E-state index contributed by atoms with van der Waals surface area (Å²) < 4.78 is 41.9. The Morgan fingerprint density at radius 2 is 1.94 bits per heavy atom. The fraction of sp³-hybridized carbons (Fsp3) is 0.400. The molecule has 2 N–H and O–H groups in total. The molecule has 0 bridgehead atoms. The van der Waals surface area contributed by atoms with Crippen LogP contribution in [0.3, 0.4) is 0 Å². The van der Waals surface area contributed by atoms with Crippen LogP contribution in [0.5, 0.6) is 5.75 Å². The average Bonchev–Trinajstić information content (AvgIpc) is 2.17. The van der Waals surface area contributed by atoms with Gasteiger partial charge < -0.3 is 10.5 Å². The molecule has 0 atom stereocenters. The molecule has 0 unspecified atom stereocenters. The maximum Gasteiger partial charge on any atom is 0.416 e. The lowest BCUT2D eigenvalue weighted by Gasteiger charge is -2.11. The van der Waals surface area contributed by atoms with Gasteiger partial charge in [0.2, 0.25) is 0 Å². The first kappa shape index (κ1) is 15.1. The molecule has 1 aromatic rings.